The number of rotatable bonds is 5. The van der Waals surface area contributed by atoms with Crippen LogP contribution in [0.25, 0.3) is 11.1 Å². The summed E-state index contributed by atoms with van der Waals surface area (Å²) in [7, 11) is 2.10. The molecule has 0 bridgehead atoms. The summed E-state index contributed by atoms with van der Waals surface area (Å²) < 4.78 is 29.1. The largest absolute Gasteiger partial charge is 0.348 e. The third kappa shape index (κ3) is 5.00. The molecule has 0 unspecified atom stereocenters. The molecule has 0 spiro atoms. The molecule has 1 aliphatic carbocycles. The number of hydrogen-bond donors (Lipinski definition) is 1. The number of aliphatic imine (C=N–C) groups is 1. The molecule has 0 radical (unpaired) electrons. The van der Waals surface area contributed by atoms with E-state index in [9.17, 15) is 13.6 Å². The molecule has 4 rings (SSSR count). The molecule has 33 heavy (non-hydrogen) atoms. The van der Waals surface area contributed by atoms with Gasteiger partial charge in [-0.1, -0.05) is 6.07 Å². The van der Waals surface area contributed by atoms with Gasteiger partial charge in [-0.25, -0.2) is 8.78 Å². The topological polar surface area (TPSA) is 62.5 Å². The lowest BCUT2D eigenvalue weighted by Crippen LogP contribution is -2.43. The quantitative estimate of drug-likeness (QED) is 0.688. The molecule has 1 aliphatic heterocycles. The summed E-state index contributed by atoms with van der Waals surface area (Å²) in [6, 6.07) is 3.91. The SMILES string of the molecule is CC/N=C(/C(=O)NC1CCC(F)(F)CC1)c1cc(-c2cnn3c2CN(C)CC3)cc(C)c1C. The van der Waals surface area contributed by atoms with Crippen LogP contribution in [-0.2, 0) is 17.9 Å². The van der Waals surface area contributed by atoms with E-state index in [1.165, 1.54) is 5.69 Å². The second kappa shape index (κ2) is 9.33. The first-order chi connectivity index (χ1) is 15.7. The predicted molar refractivity (Wildman–Crippen MR) is 126 cm³/mol. The van der Waals surface area contributed by atoms with Gasteiger partial charge in [-0.15, -0.1) is 0 Å². The number of carbonyl (C=O) groups excluding carboxylic acids is 1. The Morgan fingerprint density at radius 3 is 2.67 bits per heavy atom. The van der Waals surface area contributed by atoms with Gasteiger partial charge in [0, 0.05) is 49.6 Å². The Balaban J connectivity index is 1.65. The van der Waals surface area contributed by atoms with Gasteiger partial charge in [-0.05, 0) is 63.4 Å². The maximum absolute atomic E-state index is 13.5. The molecule has 2 aliphatic rings. The van der Waals surface area contributed by atoms with Gasteiger partial charge in [0.1, 0.15) is 5.71 Å². The number of nitrogens with one attached hydrogen (secondary N) is 1. The van der Waals surface area contributed by atoms with Crippen molar-refractivity contribution in [3.63, 3.8) is 0 Å². The molecule has 1 aromatic heterocycles. The minimum Gasteiger partial charge on any atom is -0.348 e. The van der Waals surface area contributed by atoms with Gasteiger partial charge in [0.25, 0.3) is 5.91 Å². The number of nitrogens with zero attached hydrogens (tertiary/aromatic N) is 4. The van der Waals surface area contributed by atoms with E-state index in [1.54, 1.807) is 0 Å². The first-order valence-electron chi connectivity index (χ1n) is 11.8. The number of likely N-dealkylation sites (N-methyl/N-ethyl adjacent to an activating group) is 1. The maximum Gasteiger partial charge on any atom is 0.270 e. The second-order valence-corrected chi connectivity index (χ2v) is 9.36. The zero-order valence-electron chi connectivity index (χ0n) is 19.9. The maximum atomic E-state index is 13.5. The molecule has 1 aromatic carbocycles. The van der Waals surface area contributed by atoms with Crippen LogP contribution >= 0.6 is 0 Å². The van der Waals surface area contributed by atoms with Crippen molar-refractivity contribution in [3.8, 4) is 11.1 Å². The molecule has 6 nitrogen and oxygen atoms in total. The van der Waals surface area contributed by atoms with E-state index in [-0.39, 0.29) is 37.6 Å². The number of hydrogen-bond acceptors (Lipinski definition) is 4. The van der Waals surface area contributed by atoms with Gasteiger partial charge in [0.05, 0.1) is 18.4 Å². The average Bonchev–Trinajstić information content (AvgIpc) is 3.18. The number of fused-ring (bicyclic) bond motifs is 1. The van der Waals surface area contributed by atoms with E-state index in [2.05, 4.69) is 38.1 Å². The van der Waals surface area contributed by atoms with Crippen molar-refractivity contribution in [2.75, 3.05) is 20.1 Å². The van der Waals surface area contributed by atoms with Crippen LogP contribution in [0.5, 0.6) is 0 Å². The van der Waals surface area contributed by atoms with Crippen molar-refractivity contribution in [2.45, 2.75) is 71.5 Å². The number of benzene rings is 1. The van der Waals surface area contributed by atoms with E-state index in [1.807, 2.05) is 33.0 Å². The van der Waals surface area contributed by atoms with E-state index in [0.717, 1.165) is 47.5 Å². The second-order valence-electron chi connectivity index (χ2n) is 9.36. The summed E-state index contributed by atoms with van der Waals surface area (Å²) >= 11 is 0. The number of aromatic nitrogens is 2. The summed E-state index contributed by atoms with van der Waals surface area (Å²) in [4.78, 5) is 20.1. The third-order valence-corrected chi connectivity index (χ3v) is 6.88. The first kappa shape index (κ1) is 23.5. The van der Waals surface area contributed by atoms with Crippen molar-refractivity contribution >= 4 is 11.6 Å². The number of amides is 1. The molecule has 1 amide bonds. The van der Waals surface area contributed by atoms with Crippen LogP contribution in [0, 0.1) is 13.8 Å². The fourth-order valence-electron chi connectivity index (χ4n) is 4.75. The average molecular weight is 458 g/mol. The van der Waals surface area contributed by atoms with Crippen molar-refractivity contribution in [1.29, 1.82) is 0 Å². The van der Waals surface area contributed by atoms with Gasteiger partial charge in [0.15, 0.2) is 0 Å². The minimum absolute atomic E-state index is 0.187. The van der Waals surface area contributed by atoms with Gasteiger partial charge in [-0.2, -0.15) is 5.10 Å². The number of carbonyl (C=O) groups is 1. The molecular weight excluding hydrogens is 424 g/mol. The molecule has 0 atom stereocenters. The summed E-state index contributed by atoms with van der Waals surface area (Å²) in [6.07, 6.45) is 2.10. The zero-order valence-corrected chi connectivity index (χ0v) is 19.9. The Labute approximate surface area is 194 Å². The van der Waals surface area contributed by atoms with Crippen LogP contribution in [-0.4, -0.2) is 58.4 Å². The number of aryl methyl sites for hydroxylation is 1. The Morgan fingerprint density at radius 1 is 1.24 bits per heavy atom. The number of halogens is 2. The van der Waals surface area contributed by atoms with E-state index >= 15 is 0 Å². The van der Waals surface area contributed by atoms with Crippen LogP contribution in [0.1, 0.15) is 55.0 Å². The molecule has 8 heteroatoms. The highest BCUT2D eigenvalue weighted by molar-refractivity contribution is 6.45. The highest BCUT2D eigenvalue weighted by Crippen LogP contribution is 2.33. The van der Waals surface area contributed by atoms with Gasteiger partial charge in [0.2, 0.25) is 5.92 Å². The standard InChI is InChI=1S/C25H33F2N5O/c1-5-28-23(24(33)30-19-6-8-25(26,27)9-7-19)20-13-18(12-16(2)17(20)3)21-14-29-32-11-10-31(4)15-22(21)32/h12-14,19H,5-11,15H2,1-4H3,(H,30,33)/b28-23+. The van der Waals surface area contributed by atoms with Crippen LogP contribution in [0.2, 0.25) is 0 Å². The van der Waals surface area contributed by atoms with Gasteiger partial charge >= 0.3 is 0 Å². The zero-order chi connectivity index (χ0) is 23.8. The molecule has 178 valence electrons. The van der Waals surface area contributed by atoms with Gasteiger partial charge < -0.3 is 5.32 Å². The Bertz CT molecular complexity index is 1060. The van der Waals surface area contributed by atoms with Crippen molar-refractivity contribution < 1.29 is 13.6 Å². The smallest absolute Gasteiger partial charge is 0.270 e. The molecule has 1 saturated carbocycles. The van der Waals surface area contributed by atoms with Crippen LogP contribution in [0.15, 0.2) is 23.3 Å². The molecular formula is C25H33F2N5O. The minimum atomic E-state index is -2.62. The first-order valence-corrected chi connectivity index (χ1v) is 11.8. The van der Waals surface area contributed by atoms with E-state index < -0.39 is 5.92 Å². The lowest BCUT2D eigenvalue weighted by Gasteiger charge is -2.29. The van der Waals surface area contributed by atoms with E-state index in [4.69, 9.17) is 0 Å². The monoisotopic (exact) mass is 457 g/mol. The molecule has 0 saturated heterocycles. The fraction of sp³-hybridized carbons (Fsp3) is 0.560. The highest BCUT2D eigenvalue weighted by atomic mass is 19.3. The Kier molecular flexibility index (Phi) is 6.66. The normalized spacial score (nSPS) is 19.4. The molecule has 1 fully saturated rings. The summed E-state index contributed by atoms with van der Waals surface area (Å²) in [5.41, 5.74) is 6.47. The highest BCUT2D eigenvalue weighted by Gasteiger charge is 2.36. The Morgan fingerprint density at radius 2 is 1.97 bits per heavy atom. The fourth-order valence-corrected chi connectivity index (χ4v) is 4.75. The summed E-state index contributed by atoms with van der Waals surface area (Å²) in [5, 5.41) is 7.54. The van der Waals surface area contributed by atoms with Crippen molar-refractivity contribution in [3.05, 3.63) is 40.7 Å². The Hall–Kier alpha value is -2.61. The predicted octanol–water partition coefficient (Wildman–Crippen LogP) is 4.12. The lowest BCUT2D eigenvalue weighted by atomic mass is 9.91. The van der Waals surface area contributed by atoms with Crippen molar-refractivity contribution in [1.82, 2.24) is 20.0 Å². The summed E-state index contributed by atoms with van der Waals surface area (Å²) in [6.45, 7) is 9.03. The summed E-state index contributed by atoms with van der Waals surface area (Å²) in [5.74, 6) is -2.91. The van der Waals surface area contributed by atoms with Crippen LogP contribution in [0.4, 0.5) is 8.78 Å². The molecule has 1 N–H and O–H groups in total. The third-order valence-electron chi connectivity index (χ3n) is 6.88. The lowest BCUT2D eigenvalue weighted by molar-refractivity contribution is -0.116. The number of alkyl halides is 2. The van der Waals surface area contributed by atoms with Crippen LogP contribution in [0.3, 0.4) is 0 Å². The van der Waals surface area contributed by atoms with Gasteiger partial charge in [-0.3, -0.25) is 19.4 Å². The molecule has 2 heterocycles. The van der Waals surface area contributed by atoms with Crippen LogP contribution < -0.4 is 5.32 Å². The van der Waals surface area contributed by atoms with Crippen molar-refractivity contribution in [2.24, 2.45) is 4.99 Å². The molecule has 2 aromatic rings. The van der Waals surface area contributed by atoms with E-state index in [0.29, 0.717) is 12.3 Å².